The molecule has 0 radical (unpaired) electrons. The number of rotatable bonds is 4. The zero-order valence-electron chi connectivity index (χ0n) is 13.3. The van der Waals surface area contributed by atoms with Crippen LogP contribution in [0.1, 0.15) is 37.1 Å². The first-order valence-electron chi connectivity index (χ1n) is 8.55. The molecule has 1 aliphatic carbocycles. The second kappa shape index (κ2) is 6.76. The van der Waals surface area contributed by atoms with E-state index in [1.165, 1.54) is 31.2 Å². The summed E-state index contributed by atoms with van der Waals surface area (Å²) in [6, 6.07) is 10.9. The molecule has 0 bridgehead atoms. The van der Waals surface area contributed by atoms with E-state index >= 15 is 0 Å². The molecule has 23 heavy (non-hydrogen) atoms. The molecule has 0 amide bonds. The Morgan fingerprint density at radius 3 is 2.87 bits per heavy atom. The molecule has 2 fully saturated rings. The quantitative estimate of drug-likeness (QED) is 0.862. The molecular formula is C17H23N5O. The van der Waals surface area contributed by atoms with E-state index in [2.05, 4.69) is 32.6 Å². The predicted molar refractivity (Wildman–Crippen MR) is 85.8 cm³/mol. The average Bonchev–Trinajstić information content (AvgIpc) is 3.03. The average molecular weight is 313 g/mol. The lowest BCUT2D eigenvalue weighted by Gasteiger charge is -2.43. The van der Waals surface area contributed by atoms with Crippen LogP contribution in [0.4, 0.5) is 0 Å². The first kappa shape index (κ1) is 14.8. The molecule has 1 saturated heterocycles. The molecule has 1 saturated carbocycles. The third-order valence-corrected chi connectivity index (χ3v) is 4.97. The van der Waals surface area contributed by atoms with E-state index in [-0.39, 0.29) is 0 Å². The lowest BCUT2D eigenvalue weighted by Crippen LogP contribution is -2.52. The lowest BCUT2D eigenvalue weighted by molar-refractivity contribution is -0.0921. The van der Waals surface area contributed by atoms with Gasteiger partial charge in [-0.25, -0.2) is 4.68 Å². The summed E-state index contributed by atoms with van der Waals surface area (Å²) in [5, 5.41) is 12.3. The fourth-order valence-electron chi connectivity index (χ4n) is 3.77. The first-order chi connectivity index (χ1) is 11.4. The molecule has 2 heterocycles. The van der Waals surface area contributed by atoms with Gasteiger partial charge in [-0.1, -0.05) is 43.2 Å². The van der Waals surface area contributed by atoms with Gasteiger partial charge in [0.05, 0.1) is 25.8 Å². The van der Waals surface area contributed by atoms with Crippen LogP contribution in [-0.2, 0) is 17.8 Å². The Kier molecular flexibility index (Phi) is 4.35. The summed E-state index contributed by atoms with van der Waals surface area (Å²) >= 11 is 0. The summed E-state index contributed by atoms with van der Waals surface area (Å²) in [5.74, 6) is 0.945. The second-order valence-electron chi connectivity index (χ2n) is 6.47. The summed E-state index contributed by atoms with van der Waals surface area (Å²) < 4.78 is 7.88. The van der Waals surface area contributed by atoms with Gasteiger partial charge in [-0.05, 0) is 28.8 Å². The molecule has 1 aromatic carbocycles. The Hall–Kier alpha value is -1.79. The standard InChI is InChI=1S/C17H23N5O/c1-2-6-14(7-3-1)12-22-17(18-19-20-22)13-21-10-11-23-16-9-5-4-8-15(16)21/h1-3,6-7,15-16H,4-5,8-13H2/t15-,16+/m0/s1. The highest BCUT2D eigenvalue weighted by Gasteiger charge is 2.34. The highest BCUT2D eigenvalue weighted by molar-refractivity contribution is 5.15. The summed E-state index contributed by atoms with van der Waals surface area (Å²) in [6.07, 6.45) is 5.41. The van der Waals surface area contributed by atoms with Crippen molar-refractivity contribution >= 4 is 0 Å². The summed E-state index contributed by atoms with van der Waals surface area (Å²) in [5.41, 5.74) is 1.22. The minimum atomic E-state index is 0.399. The number of fused-ring (bicyclic) bond motifs is 1. The van der Waals surface area contributed by atoms with Crippen LogP contribution in [0.5, 0.6) is 0 Å². The fraction of sp³-hybridized carbons (Fsp3) is 0.588. The highest BCUT2D eigenvalue weighted by Crippen LogP contribution is 2.29. The van der Waals surface area contributed by atoms with Gasteiger partial charge < -0.3 is 4.74 Å². The van der Waals surface area contributed by atoms with Crippen molar-refractivity contribution in [1.82, 2.24) is 25.1 Å². The van der Waals surface area contributed by atoms with Gasteiger partial charge in [-0.15, -0.1) is 5.10 Å². The number of tetrazole rings is 1. The van der Waals surface area contributed by atoms with E-state index in [1.54, 1.807) is 0 Å². The first-order valence-corrected chi connectivity index (χ1v) is 8.55. The molecule has 0 spiro atoms. The van der Waals surface area contributed by atoms with Crippen molar-refractivity contribution < 1.29 is 4.74 Å². The smallest absolute Gasteiger partial charge is 0.165 e. The van der Waals surface area contributed by atoms with Crippen molar-refractivity contribution in [2.24, 2.45) is 0 Å². The van der Waals surface area contributed by atoms with Crippen LogP contribution < -0.4 is 0 Å². The molecule has 1 aliphatic heterocycles. The largest absolute Gasteiger partial charge is 0.375 e. The Labute approximate surface area is 136 Å². The van der Waals surface area contributed by atoms with E-state index in [0.717, 1.165) is 32.1 Å². The Morgan fingerprint density at radius 1 is 1.09 bits per heavy atom. The van der Waals surface area contributed by atoms with E-state index < -0.39 is 0 Å². The SMILES string of the molecule is c1ccc(Cn2nnnc2CN2CCO[C@@H]3CCCC[C@@H]32)cc1. The van der Waals surface area contributed by atoms with Crippen molar-refractivity contribution in [3.8, 4) is 0 Å². The van der Waals surface area contributed by atoms with Gasteiger partial charge in [-0.3, -0.25) is 4.90 Å². The summed E-state index contributed by atoms with van der Waals surface area (Å²) in [4.78, 5) is 2.51. The number of ether oxygens (including phenoxy) is 1. The molecule has 2 atom stereocenters. The van der Waals surface area contributed by atoms with Crippen molar-refractivity contribution in [2.45, 2.75) is 50.9 Å². The van der Waals surface area contributed by atoms with Gasteiger partial charge in [0.15, 0.2) is 5.82 Å². The van der Waals surface area contributed by atoms with Crippen LogP contribution in [-0.4, -0.2) is 50.4 Å². The maximum Gasteiger partial charge on any atom is 0.165 e. The van der Waals surface area contributed by atoms with E-state index in [9.17, 15) is 0 Å². The normalized spacial score (nSPS) is 25.2. The number of hydrogen-bond acceptors (Lipinski definition) is 5. The maximum absolute atomic E-state index is 5.96. The summed E-state index contributed by atoms with van der Waals surface area (Å²) in [6.45, 7) is 3.33. The van der Waals surface area contributed by atoms with Gasteiger partial charge in [0.2, 0.25) is 0 Å². The number of aromatic nitrogens is 4. The molecule has 6 heteroatoms. The molecule has 4 rings (SSSR count). The van der Waals surface area contributed by atoms with Crippen LogP contribution in [0.25, 0.3) is 0 Å². The monoisotopic (exact) mass is 313 g/mol. The summed E-state index contributed by atoms with van der Waals surface area (Å²) in [7, 11) is 0. The fourth-order valence-corrected chi connectivity index (χ4v) is 3.77. The highest BCUT2D eigenvalue weighted by atomic mass is 16.5. The minimum absolute atomic E-state index is 0.399. The second-order valence-corrected chi connectivity index (χ2v) is 6.47. The van der Waals surface area contributed by atoms with Crippen LogP contribution in [0, 0.1) is 0 Å². The Morgan fingerprint density at radius 2 is 1.96 bits per heavy atom. The molecule has 2 aliphatic rings. The van der Waals surface area contributed by atoms with Crippen molar-refractivity contribution in [3.63, 3.8) is 0 Å². The van der Waals surface area contributed by atoms with Crippen LogP contribution in [0.2, 0.25) is 0 Å². The van der Waals surface area contributed by atoms with Crippen molar-refractivity contribution in [3.05, 3.63) is 41.7 Å². The number of benzene rings is 1. The third-order valence-electron chi connectivity index (χ3n) is 4.97. The van der Waals surface area contributed by atoms with Crippen molar-refractivity contribution in [2.75, 3.05) is 13.2 Å². The number of hydrogen-bond donors (Lipinski definition) is 0. The third kappa shape index (κ3) is 3.28. The van der Waals surface area contributed by atoms with Gasteiger partial charge in [0.25, 0.3) is 0 Å². The predicted octanol–water partition coefficient (Wildman–Crippen LogP) is 1.86. The Bertz CT molecular complexity index is 627. The minimum Gasteiger partial charge on any atom is -0.375 e. The van der Waals surface area contributed by atoms with E-state index in [4.69, 9.17) is 4.74 Å². The number of nitrogens with zero attached hydrogens (tertiary/aromatic N) is 5. The Balaban J connectivity index is 1.47. The van der Waals surface area contributed by atoms with E-state index in [1.807, 2.05) is 22.9 Å². The van der Waals surface area contributed by atoms with Crippen LogP contribution in [0.15, 0.2) is 30.3 Å². The van der Waals surface area contributed by atoms with Crippen LogP contribution in [0.3, 0.4) is 0 Å². The van der Waals surface area contributed by atoms with Gasteiger partial charge in [0.1, 0.15) is 0 Å². The zero-order valence-corrected chi connectivity index (χ0v) is 13.3. The molecular weight excluding hydrogens is 290 g/mol. The van der Waals surface area contributed by atoms with E-state index in [0.29, 0.717) is 12.1 Å². The topological polar surface area (TPSA) is 56.1 Å². The molecule has 6 nitrogen and oxygen atoms in total. The zero-order chi connectivity index (χ0) is 15.5. The van der Waals surface area contributed by atoms with Gasteiger partial charge in [0, 0.05) is 12.6 Å². The molecule has 1 aromatic heterocycles. The van der Waals surface area contributed by atoms with Gasteiger partial charge in [-0.2, -0.15) is 0 Å². The van der Waals surface area contributed by atoms with Gasteiger partial charge >= 0.3 is 0 Å². The van der Waals surface area contributed by atoms with Crippen LogP contribution >= 0.6 is 0 Å². The number of morpholine rings is 1. The molecule has 2 aromatic rings. The van der Waals surface area contributed by atoms with Crippen molar-refractivity contribution in [1.29, 1.82) is 0 Å². The molecule has 122 valence electrons. The lowest BCUT2D eigenvalue weighted by atomic mass is 9.90. The maximum atomic E-state index is 5.96. The molecule has 0 unspecified atom stereocenters. The molecule has 0 N–H and O–H groups in total.